The second-order valence-corrected chi connectivity index (χ2v) is 15.9. The molecule has 0 bridgehead atoms. The first-order valence-electron chi connectivity index (χ1n) is 19.4. The van der Waals surface area contributed by atoms with E-state index in [4.69, 9.17) is 18.5 Å². The number of carbonyl (C=O) groups is 1. The summed E-state index contributed by atoms with van der Waals surface area (Å²) in [5.41, 5.74) is 1.56. The summed E-state index contributed by atoms with van der Waals surface area (Å²) in [6, 6.07) is 29.6. The second-order valence-electron chi connectivity index (χ2n) is 14.4. The molecular formula is C45H63NO7P+. The van der Waals surface area contributed by atoms with E-state index in [2.05, 4.69) is 43.4 Å². The number of unbranched alkanes of at least 4 members (excludes halogenated alkanes) is 5. The predicted octanol–water partition coefficient (Wildman–Crippen LogP) is 10.3. The highest BCUT2D eigenvalue weighted by Crippen LogP contribution is 2.44. The van der Waals surface area contributed by atoms with Crippen molar-refractivity contribution in [2.24, 2.45) is 0 Å². The van der Waals surface area contributed by atoms with Gasteiger partial charge < -0.3 is 18.9 Å². The molecule has 0 heterocycles. The van der Waals surface area contributed by atoms with Crippen molar-refractivity contribution in [3.05, 3.63) is 144 Å². The lowest BCUT2D eigenvalue weighted by molar-refractivity contribution is -0.870. The standard InChI is InChI=1S/C45H62NO7P/c1-5-6-7-8-9-10-11-12-13-14-15-16-17-18-28-35-44(47)53-43(39-52-54(48,49)51-37-36-46(2,3)4)38-50-45(40-29-22-19-23-30-40,41-31-24-20-25-32-41)42-33-26-21-27-34-42/h9-10,12-13,15-16,19-27,29-34,43H,5-8,11,14,17-18,28,35-39H2,1-4H3/p+1/b10-9-,13-12-,16-15-/t43-/m1/s1. The maximum absolute atomic E-state index is 13.2. The van der Waals surface area contributed by atoms with Crippen LogP contribution in [-0.4, -0.2) is 69.0 Å². The molecule has 1 N–H and O–H groups in total. The van der Waals surface area contributed by atoms with E-state index in [1.165, 1.54) is 19.3 Å². The van der Waals surface area contributed by atoms with Gasteiger partial charge in [-0.1, -0.05) is 147 Å². The topological polar surface area (TPSA) is 91.3 Å². The van der Waals surface area contributed by atoms with E-state index in [1.54, 1.807) is 0 Å². The first-order valence-corrected chi connectivity index (χ1v) is 20.9. The Labute approximate surface area is 324 Å². The molecule has 0 aliphatic carbocycles. The fourth-order valence-electron chi connectivity index (χ4n) is 5.81. The number of quaternary nitrogens is 1. The van der Waals surface area contributed by atoms with E-state index in [9.17, 15) is 14.3 Å². The maximum Gasteiger partial charge on any atom is 0.472 e. The molecular weight excluding hydrogens is 697 g/mol. The average molecular weight is 761 g/mol. The van der Waals surface area contributed by atoms with Crippen LogP contribution in [0.3, 0.4) is 0 Å². The third-order valence-corrected chi connectivity index (χ3v) is 9.77. The fraction of sp³-hybridized carbons (Fsp3) is 0.444. The summed E-state index contributed by atoms with van der Waals surface area (Å²) >= 11 is 0. The number of esters is 1. The number of hydrogen-bond donors (Lipinski definition) is 1. The van der Waals surface area contributed by atoms with Gasteiger partial charge in [0.25, 0.3) is 0 Å². The van der Waals surface area contributed by atoms with Crippen molar-refractivity contribution in [2.45, 2.75) is 82.8 Å². The molecule has 8 nitrogen and oxygen atoms in total. The molecule has 9 heteroatoms. The molecule has 3 aromatic rings. The van der Waals surface area contributed by atoms with Gasteiger partial charge in [0.2, 0.25) is 0 Å². The first-order chi connectivity index (χ1) is 26.1. The van der Waals surface area contributed by atoms with Crippen molar-refractivity contribution in [1.29, 1.82) is 0 Å². The van der Waals surface area contributed by atoms with Gasteiger partial charge in [-0.05, 0) is 61.6 Å². The molecule has 0 aliphatic rings. The lowest BCUT2D eigenvalue weighted by Gasteiger charge is -2.37. The van der Waals surface area contributed by atoms with Gasteiger partial charge in [-0.3, -0.25) is 13.8 Å². The molecule has 1 unspecified atom stereocenters. The smallest absolute Gasteiger partial charge is 0.457 e. The molecule has 54 heavy (non-hydrogen) atoms. The Kier molecular flexibility index (Phi) is 20.5. The molecule has 0 amide bonds. The van der Waals surface area contributed by atoms with Gasteiger partial charge in [-0.15, -0.1) is 0 Å². The van der Waals surface area contributed by atoms with Crippen LogP contribution >= 0.6 is 7.82 Å². The number of likely N-dealkylation sites (N-methyl/N-ethyl adjacent to an activating group) is 1. The van der Waals surface area contributed by atoms with Crippen molar-refractivity contribution in [1.82, 2.24) is 0 Å². The third-order valence-electron chi connectivity index (χ3n) is 8.79. The lowest BCUT2D eigenvalue weighted by Crippen LogP contribution is -2.38. The van der Waals surface area contributed by atoms with E-state index in [-0.39, 0.29) is 26.2 Å². The van der Waals surface area contributed by atoms with E-state index in [0.29, 0.717) is 17.4 Å². The highest BCUT2D eigenvalue weighted by atomic mass is 31.2. The monoisotopic (exact) mass is 760 g/mol. The zero-order valence-corrected chi connectivity index (χ0v) is 33.8. The van der Waals surface area contributed by atoms with Crippen LogP contribution in [0.4, 0.5) is 0 Å². The van der Waals surface area contributed by atoms with Gasteiger partial charge in [0.1, 0.15) is 24.9 Å². The van der Waals surface area contributed by atoms with Gasteiger partial charge in [0, 0.05) is 6.42 Å². The third kappa shape index (κ3) is 17.2. The lowest BCUT2D eigenvalue weighted by atomic mass is 9.80. The summed E-state index contributed by atoms with van der Waals surface area (Å²) in [5.74, 6) is -0.426. The van der Waals surface area contributed by atoms with Crippen molar-refractivity contribution in [3.8, 4) is 0 Å². The van der Waals surface area contributed by atoms with E-state index < -0.39 is 25.5 Å². The molecule has 0 fully saturated rings. The summed E-state index contributed by atoms with van der Waals surface area (Å²) < 4.78 is 36.9. The Morgan fingerprint density at radius 2 is 1.19 bits per heavy atom. The van der Waals surface area contributed by atoms with Crippen molar-refractivity contribution >= 4 is 13.8 Å². The minimum atomic E-state index is -4.44. The minimum Gasteiger partial charge on any atom is -0.457 e. The molecule has 2 atom stereocenters. The van der Waals surface area contributed by atoms with Gasteiger partial charge in [0.15, 0.2) is 0 Å². The molecule has 0 saturated heterocycles. The summed E-state index contributed by atoms with van der Waals surface area (Å²) in [6.07, 6.45) is 21.5. The Morgan fingerprint density at radius 1 is 0.704 bits per heavy atom. The Hall–Kier alpha value is -3.62. The Morgan fingerprint density at radius 3 is 1.67 bits per heavy atom. The van der Waals surface area contributed by atoms with Crippen molar-refractivity contribution < 1.29 is 37.3 Å². The van der Waals surface area contributed by atoms with Gasteiger partial charge in [0.05, 0.1) is 34.4 Å². The molecule has 3 aromatic carbocycles. The molecule has 0 radical (unpaired) electrons. The van der Waals surface area contributed by atoms with E-state index in [0.717, 1.165) is 48.8 Å². The van der Waals surface area contributed by atoms with E-state index >= 15 is 0 Å². The van der Waals surface area contributed by atoms with Crippen LogP contribution in [0.1, 0.15) is 87.8 Å². The number of ether oxygens (including phenoxy) is 2. The number of nitrogens with zero attached hydrogens (tertiary/aromatic N) is 1. The molecule has 0 saturated carbocycles. The SMILES string of the molecule is CCCCC/C=C\C/C=C\C/C=C\CCCCC(=O)O[C@H](COC(c1ccccc1)(c1ccccc1)c1ccccc1)COP(=O)(O)OCC[N+](C)(C)C. The number of allylic oxidation sites excluding steroid dienone is 6. The zero-order chi connectivity index (χ0) is 39.0. The van der Waals surface area contributed by atoms with Gasteiger partial charge in [-0.2, -0.15) is 0 Å². The largest absolute Gasteiger partial charge is 0.472 e. The number of phosphoric acid groups is 1. The van der Waals surface area contributed by atoms with E-state index in [1.807, 2.05) is 112 Å². The Balaban J connectivity index is 1.66. The van der Waals surface area contributed by atoms with Crippen LogP contribution in [0.25, 0.3) is 0 Å². The quantitative estimate of drug-likeness (QED) is 0.0207. The van der Waals surface area contributed by atoms with Crippen LogP contribution < -0.4 is 0 Å². The number of phosphoric ester groups is 1. The fourth-order valence-corrected chi connectivity index (χ4v) is 6.56. The molecule has 0 spiro atoms. The van der Waals surface area contributed by atoms with Crippen LogP contribution in [-0.2, 0) is 33.5 Å². The molecule has 0 aliphatic heterocycles. The van der Waals surface area contributed by atoms with Crippen molar-refractivity contribution in [3.63, 3.8) is 0 Å². The highest BCUT2D eigenvalue weighted by molar-refractivity contribution is 7.47. The number of hydrogen-bond acceptors (Lipinski definition) is 6. The summed E-state index contributed by atoms with van der Waals surface area (Å²) in [4.78, 5) is 23.7. The number of rotatable bonds is 27. The van der Waals surface area contributed by atoms with Crippen LogP contribution in [0.5, 0.6) is 0 Å². The number of carbonyl (C=O) groups excluding carboxylic acids is 1. The molecule has 0 aromatic heterocycles. The maximum atomic E-state index is 13.2. The zero-order valence-electron chi connectivity index (χ0n) is 32.9. The molecule has 294 valence electrons. The highest BCUT2D eigenvalue weighted by Gasteiger charge is 2.39. The predicted molar refractivity (Wildman–Crippen MR) is 219 cm³/mol. The normalized spacial score (nSPS) is 14.2. The second kappa shape index (κ2) is 24.7. The minimum absolute atomic E-state index is 0.0264. The van der Waals surface area contributed by atoms with Crippen LogP contribution in [0.2, 0.25) is 0 Å². The average Bonchev–Trinajstić information content (AvgIpc) is 3.16. The van der Waals surface area contributed by atoms with Crippen LogP contribution in [0, 0.1) is 0 Å². The van der Waals surface area contributed by atoms with Crippen LogP contribution in [0.15, 0.2) is 127 Å². The molecule has 3 rings (SSSR count). The van der Waals surface area contributed by atoms with Gasteiger partial charge in [-0.25, -0.2) is 4.57 Å². The number of benzene rings is 3. The Bertz CT molecular complexity index is 1490. The first kappa shape index (κ1) is 44.8. The summed E-state index contributed by atoms with van der Waals surface area (Å²) in [6.45, 7) is 2.25. The summed E-state index contributed by atoms with van der Waals surface area (Å²) in [7, 11) is 1.44. The van der Waals surface area contributed by atoms with Gasteiger partial charge >= 0.3 is 13.8 Å². The van der Waals surface area contributed by atoms with Crippen molar-refractivity contribution in [2.75, 3.05) is 47.5 Å². The summed E-state index contributed by atoms with van der Waals surface area (Å²) in [5, 5.41) is 0.